The lowest BCUT2D eigenvalue weighted by atomic mass is 10.4. The summed E-state index contributed by atoms with van der Waals surface area (Å²) in [5.41, 5.74) is 1.85. The molecule has 0 spiro atoms. The van der Waals surface area contributed by atoms with Crippen molar-refractivity contribution in [3.63, 3.8) is 0 Å². The molecule has 2 aromatic rings. The maximum atomic E-state index is 4.42. The normalized spacial score (nSPS) is 15.6. The van der Waals surface area contributed by atoms with Gasteiger partial charge in [0, 0.05) is 20.6 Å². The third-order valence-electron chi connectivity index (χ3n) is 2.96. The Kier molecular flexibility index (Phi) is 2.05. The number of hydrogen-bond donors (Lipinski definition) is 0. The molecule has 1 saturated carbocycles. The van der Waals surface area contributed by atoms with Gasteiger partial charge in [0.1, 0.15) is 6.33 Å². The van der Waals surface area contributed by atoms with Crippen LogP contribution in [0, 0.1) is 5.92 Å². The Hall–Kier alpha value is -1.65. The predicted octanol–water partition coefficient (Wildman–Crippen LogP) is 1.30. The number of imidazole rings is 1. The summed E-state index contributed by atoms with van der Waals surface area (Å²) in [7, 11) is 3.95. The van der Waals surface area contributed by atoms with E-state index in [0.717, 1.165) is 29.4 Å². The van der Waals surface area contributed by atoms with Gasteiger partial charge in [-0.25, -0.2) is 15.0 Å². The summed E-state index contributed by atoms with van der Waals surface area (Å²) < 4.78 is 2.14. The lowest BCUT2D eigenvalue weighted by Crippen LogP contribution is -2.11. The number of fused-ring (bicyclic) bond motifs is 1. The first-order valence-electron chi connectivity index (χ1n) is 5.59. The van der Waals surface area contributed by atoms with Gasteiger partial charge in [0.2, 0.25) is 0 Å². The van der Waals surface area contributed by atoms with Crippen molar-refractivity contribution in [2.45, 2.75) is 19.4 Å². The van der Waals surface area contributed by atoms with Crippen LogP contribution in [0.3, 0.4) is 0 Å². The summed E-state index contributed by atoms with van der Waals surface area (Å²) in [5.74, 6) is 1.72. The lowest BCUT2D eigenvalue weighted by Gasteiger charge is -2.10. The molecule has 0 N–H and O–H groups in total. The smallest absolute Gasteiger partial charge is 0.165 e. The maximum absolute atomic E-state index is 4.42. The van der Waals surface area contributed by atoms with E-state index in [1.54, 1.807) is 6.33 Å². The summed E-state index contributed by atoms with van der Waals surface area (Å²) >= 11 is 0. The molecule has 0 radical (unpaired) electrons. The van der Waals surface area contributed by atoms with Crippen LogP contribution >= 0.6 is 0 Å². The minimum absolute atomic E-state index is 0.829. The van der Waals surface area contributed by atoms with E-state index in [9.17, 15) is 0 Å². The quantitative estimate of drug-likeness (QED) is 0.777. The largest absolute Gasteiger partial charge is 0.361 e. The SMILES string of the molecule is CN(C)c1ncnc2c1ncn2CC1CC1. The molecule has 0 atom stereocenters. The van der Waals surface area contributed by atoms with Crippen LogP contribution in [-0.2, 0) is 6.54 Å². The highest BCUT2D eigenvalue weighted by Crippen LogP contribution is 2.31. The second-order valence-corrected chi connectivity index (χ2v) is 4.60. The van der Waals surface area contributed by atoms with Crippen LogP contribution in [0.25, 0.3) is 11.2 Å². The van der Waals surface area contributed by atoms with Crippen LogP contribution in [0.15, 0.2) is 12.7 Å². The summed E-state index contributed by atoms with van der Waals surface area (Å²) in [6.07, 6.45) is 6.17. The van der Waals surface area contributed by atoms with Crippen LogP contribution in [0.4, 0.5) is 5.82 Å². The molecule has 0 aliphatic heterocycles. The monoisotopic (exact) mass is 217 g/mol. The molecule has 1 aliphatic carbocycles. The Labute approximate surface area is 94.1 Å². The van der Waals surface area contributed by atoms with Crippen molar-refractivity contribution in [2.24, 2.45) is 5.92 Å². The highest BCUT2D eigenvalue weighted by Gasteiger charge is 2.23. The zero-order valence-electron chi connectivity index (χ0n) is 9.59. The number of hydrogen-bond acceptors (Lipinski definition) is 4. The zero-order chi connectivity index (χ0) is 11.1. The molecule has 0 aromatic carbocycles. The molecule has 16 heavy (non-hydrogen) atoms. The van der Waals surface area contributed by atoms with Crippen molar-refractivity contribution < 1.29 is 0 Å². The van der Waals surface area contributed by atoms with E-state index in [1.807, 2.05) is 25.3 Å². The minimum Gasteiger partial charge on any atom is -0.361 e. The van der Waals surface area contributed by atoms with Crippen LogP contribution < -0.4 is 4.90 Å². The second kappa shape index (κ2) is 3.43. The van der Waals surface area contributed by atoms with Gasteiger partial charge in [0.05, 0.1) is 6.33 Å². The number of rotatable bonds is 3. The van der Waals surface area contributed by atoms with Crippen molar-refractivity contribution in [1.82, 2.24) is 19.5 Å². The minimum atomic E-state index is 0.829. The summed E-state index contributed by atoms with van der Waals surface area (Å²) in [6, 6.07) is 0. The fourth-order valence-corrected chi connectivity index (χ4v) is 1.91. The Morgan fingerprint density at radius 3 is 2.81 bits per heavy atom. The van der Waals surface area contributed by atoms with Gasteiger partial charge in [0.15, 0.2) is 17.0 Å². The van der Waals surface area contributed by atoms with E-state index in [2.05, 4.69) is 19.5 Å². The maximum Gasteiger partial charge on any atom is 0.165 e. The molecule has 1 aliphatic rings. The first-order valence-corrected chi connectivity index (χ1v) is 5.59. The van der Waals surface area contributed by atoms with Crippen molar-refractivity contribution in [3.05, 3.63) is 12.7 Å². The van der Waals surface area contributed by atoms with E-state index in [4.69, 9.17) is 0 Å². The number of anilines is 1. The van der Waals surface area contributed by atoms with Crippen LogP contribution in [0.2, 0.25) is 0 Å². The third kappa shape index (κ3) is 1.52. The molecule has 3 rings (SSSR count). The predicted molar refractivity (Wildman–Crippen MR) is 62.4 cm³/mol. The topological polar surface area (TPSA) is 46.8 Å². The summed E-state index contributed by atoms with van der Waals surface area (Å²) in [5, 5.41) is 0. The highest BCUT2D eigenvalue weighted by molar-refractivity contribution is 5.82. The molecule has 5 heteroatoms. The van der Waals surface area contributed by atoms with Gasteiger partial charge >= 0.3 is 0 Å². The van der Waals surface area contributed by atoms with Crippen molar-refractivity contribution in [1.29, 1.82) is 0 Å². The lowest BCUT2D eigenvalue weighted by molar-refractivity contribution is 0.638. The Balaban J connectivity index is 2.08. The molecule has 0 unspecified atom stereocenters. The molecule has 2 heterocycles. The molecular formula is C11H15N5. The van der Waals surface area contributed by atoms with E-state index < -0.39 is 0 Å². The van der Waals surface area contributed by atoms with Gasteiger partial charge in [-0.05, 0) is 18.8 Å². The van der Waals surface area contributed by atoms with Crippen molar-refractivity contribution in [3.8, 4) is 0 Å². The van der Waals surface area contributed by atoms with Gasteiger partial charge in [-0.3, -0.25) is 0 Å². The first-order chi connectivity index (χ1) is 7.75. The van der Waals surface area contributed by atoms with Gasteiger partial charge in [-0.1, -0.05) is 0 Å². The fourth-order valence-electron chi connectivity index (χ4n) is 1.91. The fraction of sp³-hybridized carbons (Fsp3) is 0.545. The van der Waals surface area contributed by atoms with E-state index in [-0.39, 0.29) is 0 Å². The molecule has 1 fully saturated rings. The van der Waals surface area contributed by atoms with Gasteiger partial charge in [-0.2, -0.15) is 0 Å². The first kappa shape index (κ1) is 9.57. The Morgan fingerprint density at radius 1 is 1.31 bits per heavy atom. The molecular weight excluding hydrogens is 202 g/mol. The molecule has 2 aromatic heterocycles. The number of aromatic nitrogens is 4. The average Bonchev–Trinajstić information content (AvgIpc) is 2.98. The number of nitrogens with zero attached hydrogens (tertiary/aromatic N) is 5. The molecule has 84 valence electrons. The summed E-state index contributed by atoms with van der Waals surface area (Å²) in [4.78, 5) is 15.0. The second-order valence-electron chi connectivity index (χ2n) is 4.60. The molecule has 0 bridgehead atoms. The van der Waals surface area contributed by atoms with Gasteiger partial charge in [-0.15, -0.1) is 0 Å². The van der Waals surface area contributed by atoms with Crippen molar-refractivity contribution >= 4 is 17.0 Å². The third-order valence-corrected chi connectivity index (χ3v) is 2.96. The van der Waals surface area contributed by atoms with E-state index in [0.29, 0.717) is 0 Å². The van der Waals surface area contributed by atoms with Gasteiger partial charge in [0.25, 0.3) is 0 Å². The van der Waals surface area contributed by atoms with E-state index >= 15 is 0 Å². The molecule has 5 nitrogen and oxygen atoms in total. The Bertz CT molecular complexity index is 512. The Morgan fingerprint density at radius 2 is 2.12 bits per heavy atom. The van der Waals surface area contributed by atoms with Crippen LogP contribution in [0.1, 0.15) is 12.8 Å². The van der Waals surface area contributed by atoms with E-state index in [1.165, 1.54) is 12.8 Å². The standard InChI is InChI=1S/C11H15N5/c1-15(2)10-9-11(13-6-12-10)16(7-14-9)5-8-3-4-8/h6-8H,3-5H2,1-2H3. The van der Waals surface area contributed by atoms with Crippen molar-refractivity contribution in [2.75, 3.05) is 19.0 Å². The molecule has 0 saturated heterocycles. The zero-order valence-corrected chi connectivity index (χ0v) is 9.59. The summed E-state index contributed by atoms with van der Waals surface area (Å²) in [6.45, 7) is 1.04. The average molecular weight is 217 g/mol. The van der Waals surface area contributed by atoms with Gasteiger partial charge < -0.3 is 9.47 Å². The van der Waals surface area contributed by atoms with Crippen LogP contribution in [0.5, 0.6) is 0 Å². The molecule has 0 amide bonds. The highest BCUT2D eigenvalue weighted by atomic mass is 15.2. The van der Waals surface area contributed by atoms with Crippen LogP contribution in [-0.4, -0.2) is 33.6 Å².